The standard InChI is InChI=1S/C16H20N2O3/c1-3-7-17-11(2)16-18-10-14(21-16)12-5-4-6-13-15(12)20-9-8-19-13/h4-6,10-11,17H,3,7-9H2,1-2H3. The molecule has 2 aromatic rings. The van der Waals surface area contributed by atoms with Crippen LogP contribution in [0.15, 0.2) is 28.8 Å². The highest BCUT2D eigenvalue weighted by Gasteiger charge is 2.20. The van der Waals surface area contributed by atoms with Gasteiger partial charge in [-0.2, -0.15) is 0 Å². The maximum absolute atomic E-state index is 5.89. The second-order valence-electron chi connectivity index (χ2n) is 5.07. The van der Waals surface area contributed by atoms with Gasteiger partial charge in [-0.25, -0.2) is 4.98 Å². The van der Waals surface area contributed by atoms with Gasteiger partial charge in [-0.05, 0) is 32.0 Å². The monoisotopic (exact) mass is 288 g/mol. The molecule has 1 aliphatic rings. The van der Waals surface area contributed by atoms with E-state index in [4.69, 9.17) is 13.9 Å². The molecule has 0 bridgehead atoms. The summed E-state index contributed by atoms with van der Waals surface area (Å²) in [5, 5.41) is 3.36. The highest BCUT2D eigenvalue weighted by molar-refractivity contribution is 5.69. The van der Waals surface area contributed by atoms with E-state index in [2.05, 4.69) is 17.2 Å². The van der Waals surface area contributed by atoms with Gasteiger partial charge in [-0.1, -0.05) is 13.0 Å². The van der Waals surface area contributed by atoms with Gasteiger partial charge in [0.15, 0.2) is 17.3 Å². The molecule has 1 aromatic heterocycles. The summed E-state index contributed by atoms with van der Waals surface area (Å²) in [6, 6.07) is 5.89. The Morgan fingerprint density at radius 2 is 2.14 bits per heavy atom. The second-order valence-corrected chi connectivity index (χ2v) is 5.07. The third kappa shape index (κ3) is 2.88. The molecule has 0 fully saturated rings. The molecular weight excluding hydrogens is 268 g/mol. The van der Waals surface area contributed by atoms with Gasteiger partial charge in [-0.3, -0.25) is 0 Å². The van der Waals surface area contributed by atoms with Crippen molar-refractivity contribution in [3.8, 4) is 22.8 Å². The van der Waals surface area contributed by atoms with E-state index in [1.54, 1.807) is 6.20 Å². The van der Waals surface area contributed by atoms with Crippen LogP contribution in [0.2, 0.25) is 0 Å². The number of benzene rings is 1. The first kappa shape index (κ1) is 13.9. The van der Waals surface area contributed by atoms with Gasteiger partial charge in [0.25, 0.3) is 0 Å². The van der Waals surface area contributed by atoms with E-state index in [1.165, 1.54) is 0 Å². The number of ether oxygens (including phenoxy) is 2. The number of para-hydroxylation sites is 1. The molecule has 3 rings (SSSR count). The van der Waals surface area contributed by atoms with Crippen molar-refractivity contribution in [1.82, 2.24) is 10.3 Å². The Morgan fingerprint density at radius 3 is 3.00 bits per heavy atom. The first-order chi connectivity index (χ1) is 10.3. The summed E-state index contributed by atoms with van der Waals surface area (Å²) in [4.78, 5) is 4.37. The lowest BCUT2D eigenvalue weighted by Gasteiger charge is -2.20. The third-order valence-corrected chi connectivity index (χ3v) is 3.43. The first-order valence-electron chi connectivity index (χ1n) is 7.37. The van der Waals surface area contributed by atoms with Crippen molar-refractivity contribution in [3.63, 3.8) is 0 Å². The molecule has 0 saturated carbocycles. The molecule has 0 aliphatic carbocycles. The predicted octanol–water partition coefficient (Wildman–Crippen LogP) is 3.17. The molecule has 1 atom stereocenters. The van der Waals surface area contributed by atoms with E-state index >= 15 is 0 Å². The van der Waals surface area contributed by atoms with Crippen LogP contribution in [0.1, 0.15) is 32.2 Å². The quantitative estimate of drug-likeness (QED) is 0.915. The van der Waals surface area contributed by atoms with Crippen LogP contribution in [0.4, 0.5) is 0 Å². The van der Waals surface area contributed by atoms with Crippen LogP contribution in [-0.4, -0.2) is 24.7 Å². The number of hydrogen-bond acceptors (Lipinski definition) is 5. The average Bonchev–Trinajstić information content (AvgIpc) is 3.02. The normalized spacial score (nSPS) is 15.0. The average molecular weight is 288 g/mol. The van der Waals surface area contributed by atoms with Crippen molar-refractivity contribution >= 4 is 0 Å². The van der Waals surface area contributed by atoms with Crippen LogP contribution in [0.5, 0.6) is 11.5 Å². The van der Waals surface area contributed by atoms with Crippen molar-refractivity contribution in [3.05, 3.63) is 30.3 Å². The molecule has 1 aromatic carbocycles. The maximum atomic E-state index is 5.89. The molecule has 1 N–H and O–H groups in total. The summed E-state index contributed by atoms with van der Waals surface area (Å²) >= 11 is 0. The molecule has 1 aliphatic heterocycles. The number of nitrogens with zero attached hydrogens (tertiary/aromatic N) is 1. The van der Waals surface area contributed by atoms with Crippen LogP contribution in [0, 0.1) is 0 Å². The Bertz CT molecular complexity index is 609. The highest BCUT2D eigenvalue weighted by atomic mass is 16.6. The topological polar surface area (TPSA) is 56.5 Å². The lowest BCUT2D eigenvalue weighted by molar-refractivity contribution is 0.172. The Balaban J connectivity index is 1.86. The minimum atomic E-state index is 0.0930. The van der Waals surface area contributed by atoms with Gasteiger partial charge in [0.2, 0.25) is 5.89 Å². The van der Waals surface area contributed by atoms with E-state index in [9.17, 15) is 0 Å². The predicted molar refractivity (Wildman–Crippen MR) is 79.6 cm³/mol. The van der Waals surface area contributed by atoms with Crippen LogP contribution >= 0.6 is 0 Å². The summed E-state index contributed by atoms with van der Waals surface area (Å²) in [5.41, 5.74) is 0.883. The minimum absolute atomic E-state index is 0.0930. The van der Waals surface area contributed by atoms with Crippen LogP contribution in [0.25, 0.3) is 11.3 Å². The number of fused-ring (bicyclic) bond motifs is 1. The van der Waals surface area contributed by atoms with Crippen molar-refractivity contribution < 1.29 is 13.9 Å². The Labute approximate surface area is 124 Å². The van der Waals surface area contributed by atoms with E-state index in [1.807, 2.05) is 25.1 Å². The first-order valence-corrected chi connectivity index (χ1v) is 7.37. The molecule has 0 saturated heterocycles. The van der Waals surface area contributed by atoms with E-state index in [0.29, 0.717) is 24.9 Å². The van der Waals surface area contributed by atoms with Crippen molar-refractivity contribution in [2.75, 3.05) is 19.8 Å². The van der Waals surface area contributed by atoms with Crippen LogP contribution in [0.3, 0.4) is 0 Å². The fourth-order valence-corrected chi connectivity index (χ4v) is 2.33. The molecule has 2 heterocycles. The highest BCUT2D eigenvalue weighted by Crippen LogP contribution is 2.40. The molecule has 21 heavy (non-hydrogen) atoms. The van der Waals surface area contributed by atoms with Gasteiger partial charge >= 0.3 is 0 Å². The smallest absolute Gasteiger partial charge is 0.211 e. The van der Waals surface area contributed by atoms with Crippen LogP contribution in [-0.2, 0) is 0 Å². The van der Waals surface area contributed by atoms with Gasteiger partial charge < -0.3 is 19.2 Å². The van der Waals surface area contributed by atoms with Gasteiger partial charge in [0, 0.05) is 0 Å². The fraction of sp³-hybridized carbons (Fsp3) is 0.438. The van der Waals surface area contributed by atoms with Gasteiger partial charge in [0.1, 0.15) is 13.2 Å². The lowest BCUT2D eigenvalue weighted by atomic mass is 10.1. The molecule has 0 amide bonds. The molecule has 5 heteroatoms. The molecule has 1 unspecified atom stereocenters. The summed E-state index contributed by atoms with van der Waals surface area (Å²) < 4.78 is 17.2. The molecule has 0 spiro atoms. The zero-order valence-corrected chi connectivity index (χ0v) is 12.4. The maximum Gasteiger partial charge on any atom is 0.211 e. The van der Waals surface area contributed by atoms with E-state index < -0.39 is 0 Å². The Kier molecular flexibility index (Phi) is 4.10. The number of aromatic nitrogens is 1. The molecule has 5 nitrogen and oxygen atoms in total. The summed E-state index contributed by atoms with van der Waals surface area (Å²) in [6.45, 7) is 6.26. The number of hydrogen-bond donors (Lipinski definition) is 1. The molecule has 0 radical (unpaired) electrons. The zero-order chi connectivity index (χ0) is 14.7. The van der Waals surface area contributed by atoms with E-state index in [-0.39, 0.29) is 6.04 Å². The van der Waals surface area contributed by atoms with E-state index in [0.717, 1.165) is 30.0 Å². The number of oxazole rings is 1. The van der Waals surface area contributed by atoms with Crippen LogP contribution < -0.4 is 14.8 Å². The summed E-state index contributed by atoms with van der Waals surface area (Å²) in [6.07, 6.45) is 2.82. The van der Waals surface area contributed by atoms with Crippen molar-refractivity contribution in [1.29, 1.82) is 0 Å². The van der Waals surface area contributed by atoms with Gasteiger partial charge in [-0.15, -0.1) is 0 Å². The fourth-order valence-electron chi connectivity index (χ4n) is 2.33. The summed E-state index contributed by atoms with van der Waals surface area (Å²) in [5.74, 6) is 2.89. The number of rotatable bonds is 5. The lowest BCUT2D eigenvalue weighted by Crippen LogP contribution is -2.19. The van der Waals surface area contributed by atoms with Crippen molar-refractivity contribution in [2.24, 2.45) is 0 Å². The SMILES string of the molecule is CCCNC(C)c1ncc(-c2cccc3c2OCCO3)o1. The van der Waals surface area contributed by atoms with Crippen molar-refractivity contribution in [2.45, 2.75) is 26.3 Å². The number of nitrogens with one attached hydrogen (secondary N) is 1. The largest absolute Gasteiger partial charge is 0.486 e. The minimum Gasteiger partial charge on any atom is -0.486 e. The Morgan fingerprint density at radius 1 is 1.29 bits per heavy atom. The van der Waals surface area contributed by atoms with Gasteiger partial charge in [0.05, 0.1) is 17.8 Å². The Hall–Kier alpha value is -2.01. The molecular formula is C16H20N2O3. The third-order valence-electron chi connectivity index (χ3n) is 3.43. The summed E-state index contributed by atoms with van der Waals surface area (Å²) in [7, 11) is 0. The zero-order valence-electron chi connectivity index (χ0n) is 12.4. The molecule has 112 valence electrons. The second kappa shape index (κ2) is 6.18.